The molecule has 6 nitrogen and oxygen atoms in total. The van der Waals surface area contributed by atoms with Crippen molar-refractivity contribution in [3.63, 3.8) is 0 Å². The van der Waals surface area contributed by atoms with Gasteiger partial charge in [-0.05, 0) is 35.9 Å². The Kier molecular flexibility index (Phi) is 6.52. The third-order valence-corrected chi connectivity index (χ3v) is 5.57. The third-order valence-electron chi connectivity index (χ3n) is 5.57. The van der Waals surface area contributed by atoms with Gasteiger partial charge in [0.25, 0.3) is 5.91 Å². The van der Waals surface area contributed by atoms with E-state index in [2.05, 4.69) is 0 Å². The summed E-state index contributed by atoms with van der Waals surface area (Å²) in [6.07, 6.45) is 0. The average Bonchev–Trinajstić information content (AvgIpc) is 3.04. The van der Waals surface area contributed by atoms with E-state index < -0.39 is 6.04 Å². The lowest BCUT2D eigenvalue weighted by Gasteiger charge is -2.23. The number of nitrogens with zero attached hydrogens (tertiary/aromatic N) is 3. The molecule has 0 aromatic heterocycles. The third kappa shape index (κ3) is 4.65. The second-order valence-electron chi connectivity index (χ2n) is 7.98. The molecule has 4 rings (SSSR count). The molecule has 1 atom stereocenters. The largest absolute Gasteiger partial charge is 0.497 e. The number of hydrogen-bond donors (Lipinski definition) is 0. The Labute approximate surface area is 188 Å². The summed E-state index contributed by atoms with van der Waals surface area (Å²) >= 11 is 0. The Hall–Kier alpha value is -3.64. The first-order valence-electron chi connectivity index (χ1n) is 10.6. The van der Waals surface area contributed by atoms with E-state index in [1.54, 1.807) is 12.0 Å². The summed E-state index contributed by atoms with van der Waals surface area (Å²) in [6, 6.07) is 26.1. The van der Waals surface area contributed by atoms with Crippen LogP contribution in [0.2, 0.25) is 0 Å². The number of imide groups is 1. The van der Waals surface area contributed by atoms with Gasteiger partial charge in [0, 0.05) is 13.1 Å². The van der Waals surface area contributed by atoms with Crippen LogP contribution in [-0.2, 0) is 17.9 Å². The number of carbonyl (C=O) groups is 2. The highest BCUT2D eigenvalue weighted by Crippen LogP contribution is 2.32. The standard InChI is InChI=1S/C26H27N3O3/c1-27(17-21-12-9-15-23(16-21)32-2)19-29-25(30)24(22-13-7-4-8-14-22)28(26(29)31)18-20-10-5-3-6-11-20/h3-16,24H,17-19H2,1-2H3. The first-order chi connectivity index (χ1) is 15.6. The van der Waals surface area contributed by atoms with Gasteiger partial charge in [-0.2, -0.15) is 0 Å². The van der Waals surface area contributed by atoms with Crippen molar-refractivity contribution >= 4 is 11.9 Å². The van der Waals surface area contributed by atoms with Gasteiger partial charge in [0.05, 0.1) is 13.8 Å². The van der Waals surface area contributed by atoms with Crippen molar-refractivity contribution in [2.45, 2.75) is 19.1 Å². The lowest BCUT2D eigenvalue weighted by molar-refractivity contribution is -0.129. The molecule has 0 saturated carbocycles. The highest BCUT2D eigenvalue weighted by atomic mass is 16.5. The first-order valence-corrected chi connectivity index (χ1v) is 10.6. The normalized spacial score (nSPS) is 16.2. The molecular formula is C26H27N3O3. The van der Waals surface area contributed by atoms with Gasteiger partial charge in [-0.3, -0.25) is 9.69 Å². The van der Waals surface area contributed by atoms with Crippen LogP contribution in [0.5, 0.6) is 5.75 Å². The number of hydrogen-bond acceptors (Lipinski definition) is 4. The van der Waals surface area contributed by atoms with Crippen LogP contribution in [0.15, 0.2) is 84.9 Å². The van der Waals surface area contributed by atoms with Crippen LogP contribution in [0, 0.1) is 0 Å². The maximum Gasteiger partial charge on any atom is 0.329 e. The molecule has 0 N–H and O–H groups in total. The molecule has 3 aromatic carbocycles. The summed E-state index contributed by atoms with van der Waals surface area (Å²) in [6.45, 7) is 1.17. The number of amides is 3. The molecule has 3 amide bonds. The van der Waals surface area contributed by atoms with Crippen molar-refractivity contribution in [2.75, 3.05) is 20.8 Å². The summed E-state index contributed by atoms with van der Waals surface area (Å²) < 4.78 is 5.29. The zero-order valence-electron chi connectivity index (χ0n) is 18.3. The van der Waals surface area contributed by atoms with Crippen LogP contribution in [0.1, 0.15) is 22.7 Å². The van der Waals surface area contributed by atoms with E-state index in [-0.39, 0.29) is 18.6 Å². The van der Waals surface area contributed by atoms with Crippen LogP contribution in [0.3, 0.4) is 0 Å². The first kappa shape index (κ1) is 21.6. The molecule has 1 aliphatic rings. The fourth-order valence-corrected chi connectivity index (χ4v) is 4.04. The highest BCUT2D eigenvalue weighted by Gasteiger charge is 2.46. The highest BCUT2D eigenvalue weighted by molar-refractivity contribution is 6.04. The molecule has 0 spiro atoms. The van der Waals surface area contributed by atoms with Crippen LogP contribution in [-0.4, -0.2) is 47.5 Å². The Morgan fingerprint density at radius 1 is 0.875 bits per heavy atom. The molecule has 164 valence electrons. The molecule has 1 saturated heterocycles. The number of methoxy groups -OCH3 is 1. The molecule has 0 aliphatic carbocycles. The Morgan fingerprint density at radius 2 is 1.53 bits per heavy atom. The monoisotopic (exact) mass is 429 g/mol. The Morgan fingerprint density at radius 3 is 2.22 bits per heavy atom. The minimum absolute atomic E-state index is 0.199. The average molecular weight is 430 g/mol. The molecule has 1 fully saturated rings. The number of ether oxygens (including phenoxy) is 1. The van der Waals surface area contributed by atoms with Gasteiger partial charge in [-0.25, -0.2) is 9.69 Å². The molecule has 1 heterocycles. The zero-order chi connectivity index (χ0) is 22.5. The second kappa shape index (κ2) is 9.66. The van der Waals surface area contributed by atoms with Gasteiger partial charge in [0.2, 0.25) is 0 Å². The minimum Gasteiger partial charge on any atom is -0.497 e. The van der Waals surface area contributed by atoms with Crippen molar-refractivity contribution in [3.8, 4) is 5.75 Å². The molecule has 1 unspecified atom stereocenters. The van der Waals surface area contributed by atoms with Gasteiger partial charge in [-0.1, -0.05) is 72.8 Å². The Bertz CT molecular complexity index is 1070. The summed E-state index contributed by atoms with van der Waals surface area (Å²) in [5.41, 5.74) is 2.85. The predicted octanol–water partition coefficient (Wildman–Crippen LogP) is 4.29. The van der Waals surface area contributed by atoms with Gasteiger partial charge >= 0.3 is 6.03 Å². The van der Waals surface area contributed by atoms with Gasteiger partial charge in [0.15, 0.2) is 0 Å². The van der Waals surface area contributed by atoms with E-state index >= 15 is 0 Å². The smallest absolute Gasteiger partial charge is 0.329 e. The lowest BCUT2D eigenvalue weighted by atomic mass is 10.1. The molecule has 1 aliphatic heterocycles. The topological polar surface area (TPSA) is 53.1 Å². The molecule has 6 heteroatoms. The van der Waals surface area contributed by atoms with E-state index in [4.69, 9.17) is 4.74 Å². The summed E-state index contributed by atoms with van der Waals surface area (Å²) in [5.74, 6) is 0.581. The van der Waals surface area contributed by atoms with E-state index in [1.807, 2.05) is 96.9 Å². The fraction of sp³-hybridized carbons (Fsp3) is 0.231. The van der Waals surface area contributed by atoms with E-state index in [0.29, 0.717) is 13.1 Å². The predicted molar refractivity (Wildman–Crippen MR) is 123 cm³/mol. The SMILES string of the molecule is COc1cccc(CN(C)CN2C(=O)C(c3ccccc3)N(Cc3ccccc3)C2=O)c1. The fourth-order valence-electron chi connectivity index (χ4n) is 4.04. The number of benzene rings is 3. The molecule has 32 heavy (non-hydrogen) atoms. The van der Waals surface area contributed by atoms with Crippen LogP contribution in [0.25, 0.3) is 0 Å². The van der Waals surface area contributed by atoms with E-state index in [0.717, 1.165) is 22.4 Å². The molecule has 0 bridgehead atoms. The van der Waals surface area contributed by atoms with Crippen LogP contribution >= 0.6 is 0 Å². The molecule has 3 aromatic rings. The Balaban J connectivity index is 1.55. The van der Waals surface area contributed by atoms with Crippen LogP contribution in [0.4, 0.5) is 4.79 Å². The summed E-state index contributed by atoms with van der Waals surface area (Å²) in [4.78, 5) is 31.8. The van der Waals surface area contributed by atoms with Crippen molar-refractivity contribution in [1.29, 1.82) is 0 Å². The maximum atomic E-state index is 13.4. The lowest BCUT2D eigenvalue weighted by Crippen LogP contribution is -2.40. The van der Waals surface area contributed by atoms with E-state index in [1.165, 1.54) is 4.90 Å². The number of urea groups is 1. The molecule has 0 radical (unpaired) electrons. The number of rotatable bonds is 8. The summed E-state index contributed by atoms with van der Waals surface area (Å²) in [7, 11) is 3.53. The van der Waals surface area contributed by atoms with Crippen molar-refractivity contribution < 1.29 is 14.3 Å². The molecular weight excluding hydrogens is 402 g/mol. The minimum atomic E-state index is -0.630. The van der Waals surface area contributed by atoms with Crippen molar-refractivity contribution in [3.05, 3.63) is 102 Å². The van der Waals surface area contributed by atoms with Gasteiger partial charge in [-0.15, -0.1) is 0 Å². The summed E-state index contributed by atoms with van der Waals surface area (Å²) in [5, 5.41) is 0. The van der Waals surface area contributed by atoms with Gasteiger partial charge in [0.1, 0.15) is 11.8 Å². The number of carbonyl (C=O) groups excluding carboxylic acids is 2. The van der Waals surface area contributed by atoms with Crippen molar-refractivity contribution in [1.82, 2.24) is 14.7 Å². The van der Waals surface area contributed by atoms with E-state index in [9.17, 15) is 9.59 Å². The van der Waals surface area contributed by atoms with Gasteiger partial charge < -0.3 is 9.64 Å². The van der Waals surface area contributed by atoms with Crippen molar-refractivity contribution in [2.24, 2.45) is 0 Å². The quantitative estimate of drug-likeness (QED) is 0.501. The second-order valence-corrected chi connectivity index (χ2v) is 7.98. The maximum absolute atomic E-state index is 13.4. The van der Waals surface area contributed by atoms with Crippen LogP contribution < -0.4 is 4.74 Å². The zero-order valence-corrected chi connectivity index (χ0v) is 18.3.